The molecule has 3 fully saturated rings. The second kappa shape index (κ2) is 6.52. The van der Waals surface area contributed by atoms with Crippen molar-refractivity contribution in [3.63, 3.8) is 0 Å². The highest BCUT2D eigenvalue weighted by Gasteiger charge is 2.57. The van der Waals surface area contributed by atoms with Crippen molar-refractivity contribution in [3.05, 3.63) is 42.2 Å². The predicted molar refractivity (Wildman–Crippen MR) is 103 cm³/mol. The number of benzene rings is 1. The van der Waals surface area contributed by atoms with Gasteiger partial charge in [-0.25, -0.2) is 12.8 Å². The van der Waals surface area contributed by atoms with Crippen molar-refractivity contribution in [1.82, 2.24) is 19.1 Å². The first kappa shape index (κ1) is 18.1. The van der Waals surface area contributed by atoms with Crippen molar-refractivity contribution < 1.29 is 12.8 Å². The van der Waals surface area contributed by atoms with Crippen LogP contribution >= 0.6 is 0 Å². The molecule has 9 heteroatoms. The Hall–Kier alpha value is -2.00. The molecule has 2 aliphatic heterocycles. The standard InChI is InChI=1S/C19H24FN5O2S/c1-13-3-2-6-28(26,27)25(13)8-14-4-5-18(17(20)7-14)23-9-15-16(10-23)19(15)24-11-21-22-12-24/h4-5,7,11-13,15-16,19H,2-3,6,8-10H2,1H3/t13-,15-,16+,19+/m0/s1. The van der Waals surface area contributed by atoms with Crippen molar-refractivity contribution in [1.29, 1.82) is 0 Å². The Morgan fingerprint density at radius 2 is 1.89 bits per heavy atom. The smallest absolute Gasteiger partial charge is 0.214 e. The highest BCUT2D eigenvalue weighted by molar-refractivity contribution is 7.89. The van der Waals surface area contributed by atoms with Gasteiger partial charge in [-0.3, -0.25) is 0 Å². The molecule has 1 aromatic heterocycles. The van der Waals surface area contributed by atoms with Crippen LogP contribution in [0.5, 0.6) is 0 Å². The van der Waals surface area contributed by atoms with Crippen molar-refractivity contribution in [3.8, 4) is 0 Å². The quantitative estimate of drug-likeness (QED) is 0.779. The van der Waals surface area contributed by atoms with Crippen LogP contribution in [-0.2, 0) is 16.6 Å². The monoisotopic (exact) mass is 405 g/mol. The first-order chi connectivity index (χ1) is 13.4. The zero-order valence-corrected chi connectivity index (χ0v) is 16.6. The summed E-state index contributed by atoms with van der Waals surface area (Å²) < 4.78 is 43.1. The van der Waals surface area contributed by atoms with E-state index in [1.807, 2.05) is 17.6 Å². The normalized spacial score (nSPS) is 31.7. The molecule has 1 saturated carbocycles. The fraction of sp³-hybridized carbons (Fsp3) is 0.579. The van der Waals surface area contributed by atoms with Gasteiger partial charge in [0.2, 0.25) is 10.0 Å². The van der Waals surface area contributed by atoms with E-state index in [9.17, 15) is 12.8 Å². The number of halogens is 1. The van der Waals surface area contributed by atoms with E-state index in [1.165, 1.54) is 10.4 Å². The van der Waals surface area contributed by atoms with Crippen molar-refractivity contribution in [2.75, 3.05) is 23.7 Å². The van der Waals surface area contributed by atoms with Crippen LogP contribution in [0.1, 0.15) is 31.4 Å². The van der Waals surface area contributed by atoms with Gasteiger partial charge in [0.15, 0.2) is 0 Å². The van der Waals surface area contributed by atoms with Gasteiger partial charge in [0, 0.05) is 43.6 Å². The summed E-state index contributed by atoms with van der Waals surface area (Å²) in [7, 11) is -3.25. The Bertz CT molecular complexity index is 968. The Morgan fingerprint density at radius 1 is 1.18 bits per heavy atom. The SMILES string of the molecule is C[C@H]1CCCS(=O)(=O)N1Cc1ccc(N2C[C@@H]3[C@H](C2)[C@H]3n2cnnc2)c(F)c1. The third kappa shape index (κ3) is 3.00. The fourth-order valence-corrected chi connectivity index (χ4v) is 6.70. The van der Waals surface area contributed by atoms with Crippen LogP contribution in [0, 0.1) is 17.7 Å². The molecule has 0 spiro atoms. The third-order valence-corrected chi connectivity index (χ3v) is 8.50. The molecule has 3 heterocycles. The van der Waals surface area contributed by atoms with Crippen LogP contribution < -0.4 is 4.90 Å². The molecule has 0 unspecified atom stereocenters. The highest BCUT2D eigenvalue weighted by Crippen LogP contribution is 2.55. The maximum absolute atomic E-state index is 14.8. The summed E-state index contributed by atoms with van der Waals surface area (Å²) in [4.78, 5) is 2.09. The molecule has 3 aliphatic rings. The molecule has 0 amide bonds. The minimum Gasteiger partial charge on any atom is -0.368 e. The first-order valence-corrected chi connectivity index (χ1v) is 11.4. The van der Waals surface area contributed by atoms with Gasteiger partial charge >= 0.3 is 0 Å². The number of anilines is 1. The largest absolute Gasteiger partial charge is 0.368 e. The molecule has 0 N–H and O–H groups in total. The zero-order chi connectivity index (χ0) is 19.5. The topological polar surface area (TPSA) is 71.3 Å². The summed E-state index contributed by atoms with van der Waals surface area (Å²) in [6, 6.07) is 5.54. The number of hydrogen-bond acceptors (Lipinski definition) is 5. The summed E-state index contributed by atoms with van der Waals surface area (Å²) in [6.07, 6.45) is 5.04. The van der Waals surface area contributed by atoms with Crippen molar-refractivity contribution >= 4 is 15.7 Å². The molecule has 150 valence electrons. The van der Waals surface area contributed by atoms with Crippen molar-refractivity contribution in [2.24, 2.45) is 11.8 Å². The van der Waals surface area contributed by atoms with E-state index in [-0.39, 0.29) is 24.2 Å². The van der Waals surface area contributed by atoms with Gasteiger partial charge in [0.1, 0.15) is 18.5 Å². The Morgan fingerprint density at radius 3 is 2.54 bits per heavy atom. The van der Waals surface area contributed by atoms with E-state index in [4.69, 9.17) is 0 Å². The first-order valence-electron chi connectivity index (χ1n) is 9.81. The Labute approximate surface area is 164 Å². The number of rotatable bonds is 4. The third-order valence-electron chi connectivity index (χ3n) is 6.49. The second-order valence-electron chi connectivity index (χ2n) is 8.27. The summed E-state index contributed by atoms with van der Waals surface area (Å²) in [6.45, 7) is 3.80. The minimum absolute atomic E-state index is 0.0400. The maximum atomic E-state index is 14.8. The summed E-state index contributed by atoms with van der Waals surface area (Å²) in [5.74, 6) is 0.924. The second-order valence-corrected chi connectivity index (χ2v) is 10.3. The molecule has 2 aromatic rings. The highest BCUT2D eigenvalue weighted by atomic mass is 32.2. The molecule has 0 bridgehead atoms. The van der Waals surface area contributed by atoms with Gasteiger partial charge in [-0.15, -0.1) is 10.2 Å². The van der Waals surface area contributed by atoms with Crippen LogP contribution in [0.4, 0.5) is 10.1 Å². The molecular weight excluding hydrogens is 381 g/mol. The van der Waals surface area contributed by atoms with Gasteiger partial charge in [0.25, 0.3) is 0 Å². The Kier molecular flexibility index (Phi) is 4.20. The van der Waals surface area contributed by atoms with Crippen molar-refractivity contribution in [2.45, 2.75) is 38.4 Å². The number of hydrogen-bond donors (Lipinski definition) is 0. The fourth-order valence-electron chi connectivity index (χ4n) is 4.93. The lowest BCUT2D eigenvalue weighted by Gasteiger charge is -2.32. The average molecular weight is 405 g/mol. The Balaban J connectivity index is 1.28. The van der Waals surface area contributed by atoms with Crippen LogP contribution in [0.25, 0.3) is 0 Å². The maximum Gasteiger partial charge on any atom is 0.214 e. The summed E-state index contributed by atoms with van der Waals surface area (Å²) in [5.41, 5.74) is 1.30. The van der Waals surface area contributed by atoms with Crippen LogP contribution in [0.2, 0.25) is 0 Å². The van der Waals surface area contributed by atoms with E-state index in [2.05, 4.69) is 15.1 Å². The van der Waals surface area contributed by atoms with E-state index < -0.39 is 10.0 Å². The predicted octanol–water partition coefficient (Wildman–Crippen LogP) is 2.04. The van der Waals surface area contributed by atoms with Gasteiger partial charge in [-0.05, 0) is 37.5 Å². The van der Waals surface area contributed by atoms with E-state index >= 15 is 0 Å². The van der Waals surface area contributed by atoms with Crippen LogP contribution in [0.15, 0.2) is 30.9 Å². The van der Waals surface area contributed by atoms with Gasteiger partial charge in [-0.1, -0.05) is 6.07 Å². The molecule has 5 rings (SSSR count). The number of nitrogens with zero attached hydrogens (tertiary/aromatic N) is 5. The lowest BCUT2D eigenvalue weighted by molar-refractivity contribution is 0.296. The summed E-state index contributed by atoms with van der Waals surface area (Å²) in [5, 5.41) is 7.74. The number of sulfonamides is 1. The molecule has 1 aromatic carbocycles. The van der Waals surface area contributed by atoms with E-state index in [1.54, 1.807) is 18.7 Å². The number of aromatic nitrogens is 3. The average Bonchev–Trinajstić information content (AvgIpc) is 3.06. The lowest BCUT2D eigenvalue weighted by atomic mass is 10.1. The van der Waals surface area contributed by atoms with Crippen LogP contribution in [0.3, 0.4) is 0 Å². The molecule has 4 atom stereocenters. The zero-order valence-electron chi connectivity index (χ0n) is 15.8. The molecule has 0 radical (unpaired) electrons. The lowest BCUT2D eigenvalue weighted by Crippen LogP contribution is -2.43. The molecule has 1 aliphatic carbocycles. The van der Waals surface area contributed by atoms with Gasteiger partial charge in [0.05, 0.1) is 11.4 Å². The van der Waals surface area contributed by atoms with E-state index in [0.717, 1.165) is 19.5 Å². The van der Waals surface area contributed by atoms with Gasteiger partial charge < -0.3 is 9.47 Å². The molecule has 2 saturated heterocycles. The molecule has 7 nitrogen and oxygen atoms in total. The molecular formula is C19H24FN5O2S. The summed E-state index contributed by atoms with van der Waals surface area (Å²) >= 11 is 0. The van der Waals surface area contributed by atoms with E-state index in [0.29, 0.717) is 35.5 Å². The minimum atomic E-state index is -3.25. The number of fused-ring (bicyclic) bond motifs is 1. The van der Waals surface area contributed by atoms with Gasteiger partial charge in [-0.2, -0.15) is 4.31 Å². The van der Waals surface area contributed by atoms with Crippen LogP contribution in [-0.4, -0.2) is 52.4 Å². The molecule has 28 heavy (non-hydrogen) atoms. The number of piperidine rings is 1.